The lowest BCUT2D eigenvalue weighted by atomic mass is 10.1. The molecule has 1 fully saturated rings. The van der Waals surface area contributed by atoms with Crippen molar-refractivity contribution < 1.29 is 13.5 Å². The van der Waals surface area contributed by atoms with E-state index in [1.54, 1.807) is 4.68 Å². The van der Waals surface area contributed by atoms with Gasteiger partial charge in [-0.25, -0.2) is 8.78 Å². The number of nitrogens with zero attached hydrogens (tertiary/aromatic N) is 4. The topological polar surface area (TPSA) is 54.7 Å². The minimum Gasteiger partial charge on any atom is -0.370 e. The van der Waals surface area contributed by atoms with Crippen molar-refractivity contribution in [3.05, 3.63) is 53.4 Å². The third kappa shape index (κ3) is 6.13. The van der Waals surface area contributed by atoms with E-state index in [0.717, 1.165) is 30.7 Å². The lowest BCUT2D eigenvalue weighted by Crippen LogP contribution is -2.48. The van der Waals surface area contributed by atoms with Gasteiger partial charge >= 0.3 is 0 Å². The molecule has 6 nitrogen and oxygen atoms in total. The van der Waals surface area contributed by atoms with Gasteiger partial charge in [-0.1, -0.05) is 0 Å². The average Bonchev–Trinajstić information content (AvgIpc) is 3.07. The van der Waals surface area contributed by atoms with E-state index >= 15 is 0 Å². The zero-order valence-electron chi connectivity index (χ0n) is 16.1. The first-order valence-corrected chi connectivity index (χ1v) is 9.13. The molecule has 0 aliphatic carbocycles. The van der Waals surface area contributed by atoms with Gasteiger partial charge in [0, 0.05) is 44.5 Å². The van der Waals surface area contributed by atoms with Crippen LogP contribution in [0.1, 0.15) is 24.2 Å². The third-order valence-electron chi connectivity index (χ3n) is 4.38. The van der Waals surface area contributed by atoms with Crippen LogP contribution in [0.5, 0.6) is 0 Å². The van der Waals surface area contributed by atoms with Crippen LogP contribution in [0.15, 0.2) is 35.6 Å². The number of aromatic nitrogens is 2. The van der Waals surface area contributed by atoms with E-state index in [4.69, 9.17) is 4.74 Å². The van der Waals surface area contributed by atoms with Crippen molar-refractivity contribution in [2.24, 2.45) is 12.0 Å². The van der Waals surface area contributed by atoms with Gasteiger partial charge in [0.1, 0.15) is 17.7 Å². The van der Waals surface area contributed by atoms with Crippen molar-refractivity contribution in [2.45, 2.75) is 19.4 Å². The fraction of sp³-hybridized carbons (Fsp3) is 0.474. The molecule has 1 aliphatic heterocycles. The molecule has 0 amide bonds. The van der Waals surface area contributed by atoms with E-state index in [1.807, 2.05) is 26.4 Å². The highest BCUT2D eigenvalue weighted by Crippen LogP contribution is 2.21. The average molecular weight is 505 g/mol. The predicted octanol–water partition coefficient (Wildman–Crippen LogP) is 2.90. The minimum absolute atomic E-state index is 0. The van der Waals surface area contributed by atoms with E-state index in [-0.39, 0.29) is 30.1 Å². The zero-order chi connectivity index (χ0) is 19.2. The number of hydrogen-bond donors (Lipinski definition) is 1. The second-order valence-corrected chi connectivity index (χ2v) is 6.52. The fourth-order valence-corrected chi connectivity index (χ4v) is 3.12. The monoisotopic (exact) mass is 505 g/mol. The molecule has 1 aromatic heterocycles. The lowest BCUT2D eigenvalue weighted by Gasteiger charge is -2.34. The summed E-state index contributed by atoms with van der Waals surface area (Å²) in [7, 11) is 1.88. The number of rotatable bonds is 5. The molecular weight excluding hydrogens is 479 g/mol. The van der Waals surface area contributed by atoms with Crippen LogP contribution in [0.3, 0.4) is 0 Å². The highest BCUT2D eigenvalue weighted by atomic mass is 127. The van der Waals surface area contributed by atoms with Crippen LogP contribution >= 0.6 is 24.0 Å². The molecule has 2 heterocycles. The summed E-state index contributed by atoms with van der Waals surface area (Å²) < 4.78 is 34.3. The third-order valence-corrected chi connectivity index (χ3v) is 4.38. The van der Waals surface area contributed by atoms with Crippen LogP contribution in [0, 0.1) is 11.6 Å². The Morgan fingerprint density at radius 1 is 1.32 bits per heavy atom. The highest BCUT2D eigenvalue weighted by molar-refractivity contribution is 14.0. The van der Waals surface area contributed by atoms with Crippen molar-refractivity contribution in [3.63, 3.8) is 0 Å². The standard InChI is InChI=1S/C19H25F2N5O.HI/c1-3-22-19(23-5-4-14-8-16(20)10-17(21)9-14)26-6-7-27-18(13-26)15-11-24-25(2)12-15;/h8-12,18H,3-7,13H2,1-2H3,(H,22,23);1H. The summed E-state index contributed by atoms with van der Waals surface area (Å²) in [4.78, 5) is 6.78. The van der Waals surface area contributed by atoms with E-state index in [0.29, 0.717) is 31.7 Å². The number of aryl methyl sites for hydroxylation is 1. The van der Waals surface area contributed by atoms with Gasteiger partial charge in [-0.3, -0.25) is 9.67 Å². The normalized spacial score (nSPS) is 17.4. The van der Waals surface area contributed by atoms with Crippen molar-refractivity contribution in [2.75, 3.05) is 32.8 Å². The molecule has 1 saturated heterocycles. The number of hydrogen-bond acceptors (Lipinski definition) is 3. The Kier molecular flexibility index (Phi) is 8.61. The second kappa shape index (κ2) is 10.7. The Bertz CT molecular complexity index is 778. The number of benzene rings is 1. The number of guanidine groups is 1. The number of aliphatic imine (C=N–C) groups is 1. The molecule has 154 valence electrons. The first-order chi connectivity index (χ1) is 13.0. The summed E-state index contributed by atoms with van der Waals surface area (Å²) in [5.74, 6) is -0.340. The number of morpholine rings is 1. The van der Waals surface area contributed by atoms with Crippen LogP contribution in [-0.2, 0) is 18.2 Å². The van der Waals surface area contributed by atoms with E-state index < -0.39 is 11.6 Å². The smallest absolute Gasteiger partial charge is 0.194 e. The maximum atomic E-state index is 13.3. The largest absolute Gasteiger partial charge is 0.370 e. The Morgan fingerprint density at radius 3 is 2.71 bits per heavy atom. The second-order valence-electron chi connectivity index (χ2n) is 6.52. The molecule has 2 aromatic rings. The highest BCUT2D eigenvalue weighted by Gasteiger charge is 2.25. The Morgan fingerprint density at radius 2 is 2.07 bits per heavy atom. The summed E-state index contributed by atoms with van der Waals surface area (Å²) >= 11 is 0. The molecule has 1 N–H and O–H groups in total. The number of ether oxygens (including phenoxy) is 1. The Balaban J connectivity index is 0.00000280. The van der Waals surface area contributed by atoms with Gasteiger partial charge in [0.25, 0.3) is 0 Å². The van der Waals surface area contributed by atoms with Gasteiger partial charge in [0.2, 0.25) is 0 Å². The summed E-state index contributed by atoms with van der Waals surface area (Å²) in [6, 6.07) is 3.57. The molecule has 1 unspecified atom stereocenters. The molecule has 0 spiro atoms. The molecule has 0 saturated carbocycles. The SMILES string of the molecule is CCNC(=NCCc1cc(F)cc(F)c1)N1CCOC(c2cnn(C)c2)C1.I. The van der Waals surface area contributed by atoms with Crippen LogP contribution in [0.25, 0.3) is 0 Å². The molecule has 1 aromatic carbocycles. The van der Waals surface area contributed by atoms with E-state index in [9.17, 15) is 8.78 Å². The van der Waals surface area contributed by atoms with E-state index in [2.05, 4.69) is 20.3 Å². The summed E-state index contributed by atoms with van der Waals surface area (Å²) in [5, 5.41) is 7.50. The summed E-state index contributed by atoms with van der Waals surface area (Å²) in [5.41, 5.74) is 1.63. The Labute approximate surface area is 181 Å². The minimum atomic E-state index is -0.562. The first kappa shape index (κ1) is 22.5. The molecule has 0 bridgehead atoms. The summed E-state index contributed by atoms with van der Waals surface area (Å²) in [6.07, 6.45) is 4.18. The predicted molar refractivity (Wildman–Crippen MR) is 115 cm³/mol. The van der Waals surface area contributed by atoms with Crippen LogP contribution in [-0.4, -0.2) is 53.4 Å². The van der Waals surface area contributed by atoms with Crippen LogP contribution in [0.2, 0.25) is 0 Å². The molecule has 3 rings (SSSR count). The van der Waals surface area contributed by atoms with Gasteiger partial charge in [0.15, 0.2) is 5.96 Å². The van der Waals surface area contributed by atoms with E-state index in [1.165, 1.54) is 12.1 Å². The molecule has 28 heavy (non-hydrogen) atoms. The quantitative estimate of drug-likeness (QED) is 0.386. The van der Waals surface area contributed by atoms with Crippen LogP contribution < -0.4 is 5.32 Å². The maximum absolute atomic E-state index is 13.3. The fourth-order valence-electron chi connectivity index (χ4n) is 3.12. The zero-order valence-corrected chi connectivity index (χ0v) is 18.4. The molecular formula is C19H26F2IN5O. The van der Waals surface area contributed by atoms with Crippen molar-refractivity contribution in [1.29, 1.82) is 0 Å². The van der Waals surface area contributed by atoms with Crippen molar-refractivity contribution in [3.8, 4) is 0 Å². The van der Waals surface area contributed by atoms with Gasteiger partial charge in [-0.15, -0.1) is 24.0 Å². The van der Waals surface area contributed by atoms with Crippen LogP contribution in [0.4, 0.5) is 8.78 Å². The maximum Gasteiger partial charge on any atom is 0.194 e. The number of nitrogens with one attached hydrogen (secondary N) is 1. The van der Waals surface area contributed by atoms with Crippen molar-refractivity contribution in [1.82, 2.24) is 20.0 Å². The van der Waals surface area contributed by atoms with Gasteiger partial charge in [0.05, 0.1) is 19.3 Å². The molecule has 1 atom stereocenters. The molecule has 1 aliphatic rings. The molecule has 0 radical (unpaired) electrons. The lowest BCUT2D eigenvalue weighted by molar-refractivity contribution is -0.00803. The van der Waals surface area contributed by atoms with Gasteiger partial charge < -0.3 is 15.0 Å². The molecule has 9 heteroatoms. The van der Waals surface area contributed by atoms with Gasteiger partial charge in [-0.05, 0) is 31.0 Å². The number of halogens is 3. The van der Waals surface area contributed by atoms with Gasteiger partial charge in [-0.2, -0.15) is 5.10 Å². The first-order valence-electron chi connectivity index (χ1n) is 9.13. The Hall–Kier alpha value is -1.75. The summed E-state index contributed by atoms with van der Waals surface area (Å²) in [6.45, 7) is 5.20. The van der Waals surface area contributed by atoms with Crippen molar-refractivity contribution >= 4 is 29.9 Å².